The summed E-state index contributed by atoms with van der Waals surface area (Å²) in [5.41, 5.74) is 2.35. The highest BCUT2D eigenvalue weighted by atomic mass is 16.1. The average molecular weight is 294 g/mol. The molecule has 0 saturated heterocycles. The molecule has 0 bridgehead atoms. The van der Waals surface area contributed by atoms with E-state index in [-0.39, 0.29) is 11.8 Å². The van der Waals surface area contributed by atoms with E-state index < -0.39 is 0 Å². The molecule has 2 rings (SSSR count). The first-order chi connectivity index (χ1) is 10.6. The second-order valence-corrected chi connectivity index (χ2v) is 5.24. The topological polar surface area (TPSA) is 77.8 Å². The molecule has 0 fully saturated rings. The van der Waals surface area contributed by atoms with Crippen LogP contribution in [-0.4, -0.2) is 10.9 Å². The highest BCUT2D eigenvalue weighted by molar-refractivity contribution is 5.92. The molecule has 0 spiro atoms. The van der Waals surface area contributed by atoms with Crippen molar-refractivity contribution >= 4 is 17.4 Å². The fourth-order valence-electron chi connectivity index (χ4n) is 1.80. The van der Waals surface area contributed by atoms with Gasteiger partial charge >= 0.3 is 0 Å². The molecule has 112 valence electrons. The number of aromatic nitrogens is 1. The summed E-state index contributed by atoms with van der Waals surface area (Å²) >= 11 is 0. The molecule has 1 amide bonds. The third-order valence-electron chi connectivity index (χ3n) is 3.09. The first-order valence-corrected chi connectivity index (χ1v) is 7.08. The summed E-state index contributed by atoms with van der Waals surface area (Å²) < 4.78 is 0. The lowest BCUT2D eigenvalue weighted by molar-refractivity contribution is -0.118. The molecule has 0 unspecified atom stereocenters. The van der Waals surface area contributed by atoms with Gasteiger partial charge in [0.15, 0.2) is 0 Å². The highest BCUT2D eigenvalue weighted by Gasteiger charge is 2.07. The van der Waals surface area contributed by atoms with E-state index in [0.717, 1.165) is 11.3 Å². The molecule has 0 aliphatic carbocycles. The fraction of sp³-hybridized carbons (Fsp3) is 0.235. The van der Waals surface area contributed by atoms with Gasteiger partial charge in [0.1, 0.15) is 11.9 Å². The lowest BCUT2D eigenvalue weighted by Gasteiger charge is -2.10. The lowest BCUT2D eigenvalue weighted by atomic mass is 10.1. The van der Waals surface area contributed by atoms with Gasteiger partial charge in [-0.2, -0.15) is 5.26 Å². The van der Waals surface area contributed by atoms with E-state index in [1.165, 1.54) is 6.20 Å². The Morgan fingerprint density at radius 1 is 1.32 bits per heavy atom. The molecule has 1 aromatic heterocycles. The zero-order chi connectivity index (χ0) is 15.9. The van der Waals surface area contributed by atoms with Crippen molar-refractivity contribution in [3.05, 3.63) is 53.7 Å². The minimum absolute atomic E-state index is 0.00105. The largest absolute Gasteiger partial charge is 0.366 e. The van der Waals surface area contributed by atoms with Crippen LogP contribution in [0.4, 0.5) is 11.5 Å². The number of carbonyl (C=O) groups is 1. The molecular weight excluding hydrogens is 276 g/mol. The Hall–Kier alpha value is -2.87. The van der Waals surface area contributed by atoms with Gasteiger partial charge < -0.3 is 10.6 Å². The van der Waals surface area contributed by atoms with E-state index in [0.29, 0.717) is 17.9 Å². The molecule has 1 heterocycles. The van der Waals surface area contributed by atoms with Gasteiger partial charge in [-0.15, -0.1) is 0 Å². The van der Waals surface area contributed by atoms with Crippen LogP contribution in [0.15, 0.2) is 42.6 Å². The van der Waals surface area contributed by atoms with Gasteiger partial charge in [0.25, 0.3) is 0 Å². The van der Waals surface area contributed by atoms with Crippen LogP contribution in [0.1, 0.15) is 25.0 Å². The van der Waals surface area contributed by atoms with Crippen LogP contribution in [0.3, 0.4) is 0 Å². The molecule has 0 aliphatic rings. The van der Waals surface area contributed by atoms with Crippen LogP contribution in [0.25, 0.3) is 0 Å². The van der Waals surface area contributed by atoms with Gasteiger partial charge in [-0.05, 0) is 29.8 Å². The van der Waals surface area contributed by atoms with Crippen LogP contribution in [-0.2, 0) is 11.3 Å². The molecule has 0 radical (unpaired) electrons. The van der Waals surface area contributed by atoms with Gasteiger partial charge in [0.05, 0.1) is 5.56 Å². The van der Waals surface area contributed by atoms with E-state index in [1.54, 1.807) is 12.1 Å². The van der Waals surface area contributed by atoms with Gasteiger partial charge in [0.2, 0.25) is 5.91 Å². The van der Waals surface area contributed by atoms with Crippen LogP contribution >= 0.6 is 0 Å². The Kier molecular flexibility index (Phi) is 5.10. The van der Waals surface area contributed by atoms with Crippen molar-refractivity contribution in [2.75, 3.05) is 10.6 Å². The molecule has 2 N–H and O–H groups in total. The molecule has 0 atom stereocenters. The summed E-state index contributed by atoms with van der Waals surface area (Å²) in [4.78, 5) is 15.9. The van der Waals surface area contributed by atoms with Gasteiger partial charge in [-0.3, -0.25) is 4.79 Å². The lowest BCUT2D eigenvalue weighted by Crippen LogP contribution is -2.17. The molecule has 5 nitrogen and oxygen atoms in total. The molecule has 22 heavy (non-hydrogen) atoms. The maximum Gasteiger partial charge on any atom is 0.226 e. The third kappa shape index (κ3) is 4.32. The smallest absolute Gasteiger partial charge is 0.226 e. The molecule has 2 aromatic rings. The third-order valence-corrected chi connectivity index (χ3v) is 3.09. The number of nitrogens with zero attached hydrogens (tertiary/aromatic N) is 2. The van der Waals surface area contributed by atoms with E-state index in [2.05, 4.69) is 15.6 Å². The minimum Gasteiger partial charge on any atom is -0.366 e. The van der Waals surface area contributed by atoms with Crippen LogP contribution in [0.2, 0.25) is 0 Å². The molecule has 0 saturated carbocycles. The Labute approximate surface area is 130 Å². The number of rotatable bonds is 5. The summed E-state index contributed by atoms with van der Waals surface area (Å²) in [7, 11) is 0. The van der Waals surface area contributed by atoms with Crippen LogP contribution < -0.4 is 10.6 Å². The quantitative estimate of drug-likeness (QED) is 0.888. The normalized spacial score (nSPS) is 10.1. The number of hydrogen-bond acceptors (Lipinski definition) is 4. The fourth-order valence-corrected chi connectivity index (χ4v) is 1.80. The first kappa shape index (κ1) is 15.5. The summed E-state index contributed by atoms with van der Waals surface area (Å²) in [6, 6.07) is 13.2. The number of amides is 1. The highest BCUT2D eigenvalue weighted by Crippen LogP contribution is 2.13. The van der Waals surface area contributed by atoms with Gasteiger partial charge in [-0.1, -0.05) is 26.0 Å². The summed E-state index contributed by atoms with van der Waals surface area (Å²) in [6.45, 7) is 4.30. The zero-order valence-corrected chi connectivity index (χ0v) is 12.6. The monoisotopic (exact) mass is 294 g/mol. The molecule has 5 heteroatoms. The standard InChI is InChI=1S/C17H18N4O/c1-12(2)17(22)21-15-5-3-4-13(8-15)10-19-16-7-6-14(9-18)11-20-16/h3-8,11-12H,10H2,1-2H3,(H,19,20)(H,21,22). The van der Waals surface area contributed by atoms with Crippen molar-refractivity contribution in [2.45, 2.75) is 20.4 Å². The second-order valence-electron chi connectivity index (χ2n) is 5.24. The van der Waals surface area contributed by atoms with Gasteiger partial charge in [-0.25, -0.2) is 4.98 Å². The maximum absolute atomic E-state index is 11.7. The van der Waals surface area contributed by atoms with Crippen LogP contribution in [0.5, 0.6) is 0 Å². The number of nitriles is 1. The predicted octanol–water partition coefficient (Wildman–Crippen LogP) is 3.16. The van der Waals surface area contributed by atoms with E-state index >= 15 is 0 Å². The number of hydrogen-bond donors (Lipinski definition) is 2. The van der Waals surface area contributed by atoms with Crippen molar-refractivity contribution in [1.29, 1.82) is 5.26 Å². The Bertz CT molecular complexity index is 687. The minimum atomic E-state index is -0.0513. The summed E-state index contributed by atoms with van der Waals surface area (Å²) in [5, 5.41) is 14.8. The number of carbonyl (C=O) groups excluding carboxylic acids is 1. The van der Waals surface area contributed by atoms with Crippen molar-refractivity contribution in [1.82, 2.24) is 4.98 Å². The Morgan fingerprint density at radius 2 is 2.14 bits per heavy atom. The maximum atomic E-state index is 11.7. The van der Waals surface area contributed by atoms with Crippen molar-refractivity contribution in [3.8, 4) is 6.07 Å². The first-order valence-electron chi connectivity index (χ1n) is 7.08. The Morgan fingerprint density at radius 3 is 2.77 bits per heavy atom. The predicted molar refractivity (Wildman–Crippen MR) is 86.2 cm³/mol. The number of nitrogens with one attached hydrogen (secondary N) is 2. The SMILES string of the molecule is CC(C)C(=O)Nc1cccc(CNc2ccc(C#N)cn2)c1. The molecular formula is C17H18N4O. The van der Waals surface area contributed by atoms with Crippen LogP contribution in [0, 0.1) is 17.2 Å². The van der Waals surface area contributed by atoms with Crippen molar-refractivity contribution in [3.63, 3.8) is 0 Å². The van der Waals surface area contributed by atoms with E-state index in [1.807, 2.05) is 44.2 Å². The molecule has 1 aromatic carbocycles. The summed E-state index contributed by atoms with van der Waals surface area (Å²) in [5.74, 6) is 0.652. The zero-order valence-electron chi connectivity index (χ0n) is 12.6. The van der Waals surface area contributed by atoms with E-state index in [9.17, 15) is 4.79 Å². The van der Waals surface area contributed by atoms with Gasteiger partial charge in [0, 0.05) is 24.3 Å². The number of benzene rings is 1. The van der Waals surface area contributed by atoms with E-state index in [4.69, 9.17) is 5.26 Å². The average Bonchev–Trinajstić information content (AvgIpc) is 2.53. The van der Waals surface area contributed by atoms with Crippen molar-refractivity contribution in [2.24, 2.45) is 5.92 Å². The number of pyridine rings is 1. The Balaban J connectivity index is 1.98. The summed E-state index contributed by atoms with van der Waals surface area (Å²) in [6.07, 6.45) is 1.53. The van der Waals surface area contributed by atoms with Crippen molar-refractivity contribution < 1.29 is 4.79 Å². The number of anilines is 2. The molecule has 0 aliphatic heterocycles. The second kappa shape index (κ2) is 7.23.